The van der Waals surface area contributed by atoms with E-state index in [2.05, 4.69) is 20.9 Å². The van der Waals surface area contributed by atoms with Gasteiger partial charge in [-0.05, 0) is 32.9 Å². The van der Waals surface area contributed by atoms with Crippen LogP contribution in [0.4, 0.5) is 4.79 Å². The zero-order valence-electron chi connectivity index (χ0n) is 11.1. The summed E-state index contributed by atoms with van der Waals surface area (Å²) in [5.41, 5.74) is 0.331. The molecule has 0 unspecified atom stereocenters. The second kappa shape index (κ2) is 5.17. The Morgan fingerprint density at radius 2 is 1.89 bits per heavy atom. The molecule has 0 atom stereocenters. The summed E-state index contributed by atoms with van der Waals surface area (Å²) in [5, 5.41) is 0. The molecular weight excluding hydrogens is 308 g/mol. The highest BCUT2D eigenvalue weighted by atomic mass is 79.9. The first kappa shape index (κ1) is 13.8. The zero-order valence-corrected chi connectivity index (χ0v) is 12.6. The molecule has 5 heteroatoms. The Hall–Kier alpha value is -1.62. The summed E-state index contributed by atoms with van der Waals surface area (Å²) >= 11 is 3.38. The Balaban J connectivity index is 2.32. The van der Waals surface area contributed by atoms with E-state index in [-0.39, 0.29) is 0 Å². The fourth-order valence-electron chi connectivity index (χ4n) is 1.57. The molecule has 0 radical (unpaired) electrons. The topological polar surface area (TPSA) is 44.1 Å². The Morgan fingerprint density at radius 1 is 1.26 bits per heavy atom. The lowest BCUT2D eigenvalue weighted by atomic mass is 10.2. The van der Waals surface area contributed by atoms with Crippen LogP contribution in [0.5, 0.6) is 0 Å². The van der Waals surface area contributed by atoms with Gasteiger partial charge in [0, 0.05) is 22.4 Å². The highest BCUT2D eigenvalue weighted by Gasteiger charge is 2.20. The van der Waals surface area contributed by atoms with Crippen molar-refractivity contribution in [1.82, 2.24) is 9.55 Å². The predicted molar refractivity (Wildman–Crippen MR) is 77.0 cm³/mol. The number of imidazole rings is 1. The first-order chi connectivity index (χ1) is 8.87. The van der Waals surface area contributed by atoms with E-state index < -0.39 is 11.7 Å². The molecule has 1 heterocycles. The van der Waals surface area contributed by atoms with Crippen molar-refractivity contribution >= 4 is 22.0 Å². The molecule has 0 saturated carbocycles. The number of ether oxygens (including phenoxy) is 1. The lowest BCUT2D eigenvalue weighted by Crippen LogP contribution is -2.27. The Morgan fingerprint density at radius 3 is 2.47 bits per heavy atom. The second-order valence-electron chi connectivity index (χ2n) is 5.11. The minimum Gasteiger partial charge on any atom is -0.443 e. The Bertz CT molecular complexity index is 582. The van der Waals surface area contributed by atoms with Crippen LogP contribution in [0.25, 0.3) is 11.4 Å². The van der Waals surface area contributed by atoms with Crippen molar-refractivity contribution < 1.29 is 9.53 Å². The zero-order chi connectivity index (χ0) is 14.0. The molecule has 100 valence electrons. The van der Waals surface area contributed by atoms with Gasteiger partial charge in [-0.15, -0.1) is 0 Å². The molecule has 0 aliphatic carbocycles. The minimum atomic E-state index is -0.529. The number of carbonyl (C=O) groups is 1. The van der Waals surface area contributed by atoms with Crippen LogP contribution in [0, 0.1) is 0 Å². The van der Waals surface area contributed by atoms with Gasteiger partial charge in [0.25, 0.3) is 0 Å². The molecule has 19 heavy (non-hydrogen) atoms. The lowest BCUT2D eigenvalue weighted by molar-refractivity contribution is 0.0539. The van der Waals surface area contributed by atoms with E-state index in [0.29, 0.717) is 5.82 Å². The number of aromatic nitrogens is 2. The normalized spacial score (nSPS) is 11.4. The molecule has 4 nitrogen and oxygen atoms in total. The van der Waals surface area contributed by atoms with Gasteiger partial charge >= 0.3 is 6.09 Å². The van der Waals surface area contributed by atoms with Gasteiger partial charge in [0.15, 0.2) is 0 Å². The van der Waals surface area contributed by atoms with Crippen LogP contribution in [0.3, 0.4) is 0 Å². The van der Waals surface area contributed by atoms with E-state index in [1.54, 1.807) is 12.4 Å². The molecule has 1 aromatic heterocycles. The molecule has 0 amide bonds. The average Bonchev–Trinajstić information content (AvgIpc) is 2.76. The van der Waals surface area contributed by atoms with Crippen LogP contribution in [0.15, 0.2) is 41.1 Å². The molecule has 0 N–H and O–H groups in total. The lowest BCUT2D eigenvalue weighted by Gasteiger charge is -2.20. The highest BCUT2D eigenvalue weighted by Crippen LogP contribution is 2.21. The van der Waals surface area contributed by atoms with Crippen LogP contribution < -0.4 is 0 Å². The smallest absolute Gasteiger partial charge is 0.420 e. The van der Waals surface area contributed by atoms with Crippen LogP contribution >= 0.6 is 15.9 Å². The van der Waals surface area contributed by atoms with Crippen LogP contribution in [-0.2, 0) is 4.74 Å². The number of hydrogen-bond donors (Lipinski definition) is 0. The van der Waals surface area contributed by atoms with E-state index in [1.807, 2.05) is 45.0 Å². The number of halogens is 1. The van der Waals surface area contributed by atoms with Crippen LogP contribution in [0.2, 0.25) is 0 Å². The number of nitrogens with zero attached hydrogens (tertiary/aromatic N) is 2. The summed E-state index contributed by atoms with van der Waals surface area (Å²) in [6, 6.07) is 7.60. The largest absolute Gasteiger partial charge is 0.443 e. The van der Waals surface area contributed by atoms with Crippen molar-refractivity contribution in [3.63, 3.8) is 0 Å². The second-order valence-corrected chi connectivity index (χ2v) is 6.02. The van der Waals surface area contributed by atoms with Gasteiger partial charge in [-0.2, -0.15) is 0 Å². The summed E-state index contributed by atoms with van der Waals surface area (Å²) in [4.78, 5) is 16.3. The first-order valence-corrected chi connectivity index (χ1v) is 6.69. The third-order valence-corrected chi connectivity index (χ3v) is 2.86. The molecule has 0 saturated heterocycles. The standard InChI is InChI=1S/C14H15BrN2O2/c1-14(2,3)19-13(18)17-9-8-16-12(17)10-4-6-11(15)7-5-10/h4-9H,1-3H3. The maximum Gasteiger partial charge on any atom is 0.420 e. The summed E-state index contributed by atoms with van der Waals surface area (Å²) < 4.78 is 7.73. The SMILES string of the molecule is CC(C)(C)OC(=O)n1ccnc1-c1ccc(Br)cc1. The number of rotatable bonds is 1. The van der Waals surface area contributed by atoms with Gasteiger partial charge in [-0.3, -0.25) is 0 Å². The fourth-order valence-corrected chi connectivity index (χ4v) is 1.84. The molecule has 0 spiro atoms. The molecule has 0 bridgehead atoms. The van der Waals surface area contributed by atoms with Gasteiger partial charge in [0.1, 0.15) is 11.4 Å². The number of benzene rings is 1. The molecule has 2 rings (SSSR count). The predicted octanol–water partition coefficient (Wildman–Crippen LogP) is 4.10. The van der Waals surface area contributed by atoms with E-state index in [4.69, 9.17) is 4.74 Å². The van der Waals surface area contributed by atoms with Crippen LogP contribution in [-0.4, -0.2) is 21.2 Å². The third-order valence-electron chi connectivity index (χ3n) is 2.33. The third kappa shape index (κ3) is 3.44. The maximum atomic E-state index is 12.1. The minimum absolute atomic E-state index is 0.428. The van der Waals surface area contributed by atoms with Gasteiger partial charge in [-0.25, -0.2) is 14.3 Å². The maximum absolute atomic E-state index is 12.1. The van der Waals surface area contributed by atoms with Gasteiger partial charge in [0.05, 0.1) is 0 Å². The Kier molecular flexibility index (Phi) is 3.75. The van der Waals surface area contributed by atoms with E-state index in [1.165, 1.54) is 4.57 Å². The quantitative estimate of drug-likeness (QED) is 0.794. The van der Waals surface area contributed by atoms with E-state index in [9.17, 15) is 4.79 Å². The number of carbonyl (C=O) groups excluding carboxylic acids is 1. The Labute approximate surface area is 120 Å². The molecule has 0 aliphatic heterocycles. The highest BCUT2D eigenvalue weighted by molar-refractivity contribution is 9.10. The van der Waals surface area contributed by atoms with Gasteiger partial charge in [-0.1, -0.05) is 28.1 Å². The van der Waals surface area contributed by atoms with Crippen molar-refractivity contribution in [2.45, 2.75) is 26.4 Å². The van der Waals surface area contributed by atoms with Crippen LogP contribution in [0.1, 0.15) is 20.8 Å². The summed E-state index contributed by atoms with van der Waals surface area (Å²) in [6.45, 7) is 5.50. The van der Waals surface area contributed by atoms with Gasteiger partial charge < -0.3 is 4.74 Å². The molecule has 0 aliphatic rings. The number of hydrogen-bond acceptors (Lipinski definition) is 3. The summed E-state index contributed by atoms with van der Waals surface area (Å²) in [5.74, 6) is 0.571. The van der Waals surface area contributed by atoms with Crippen molar-refractivity contribution in [3.8, 4) is 11.4 Å². The van der Waals surface area contributed by atoms with Gasteiger partial charge in [0.2, 0.25) is 0 Å². The summed E-state index contributed by atoms with van der Waals surface area (Å²) in [7, 11) is 0. The van der Waals surface area contributed by atoms with Crippen molar-refractivity contribution in [2.75, 3.05) is 0 Å². The van der Waals surface area contributed by atoms with E-state index >= 15 is 0 Å². The molecule has 1 aromatic carbocycles. The van der Waals surface area contributed by atoms with E-state index in [0.717, 1.165) is 10.0 Å². The van der Waals surface area contributed by atoms with Crippen molar-refractivity contribution in [3.05, 3.63) is 41.1 Å². The summed E-state index contributed by atoms with van der Waals surface area (Å²) in [6.07, 6.45) is 2.76. The first-order valence-electron chi connectivity index (χ1n) is 5.89. The molecule has 2 aromatic rings. The van der Waals surface area contributed by atoms with Crippen molar-refractivity contribution in [2.24, 2.45) is 0 Å². The van der Waals surface area contributed by atoms with Crippen molar-refractivity contribution in [1.29, 1.82) is 0 Å². The average molecular weight is 323 g/mol. The molecule has 0 fully saturated rings. The fraction of sp³-hybridized carbons (Fsp3) is 0.286. The monoisotopic (exact) mass is 322 g/mol. The molecular formula is C14H15BrN2O2.